The fourth-order valence-corrected chi connectivity index (χ4v) is 3.33. The van der Waals surface area contributed by atoms with Crippen LogP contribution < -0.4 is 10.1 Å². The first-order valence-corrected chi connectivity index (χ1v) is 9.91. The lowest BCUT2D eigenvalue weighted by molar-refractivity contribution is 0.102. The molecule has 0 saturated carbocycles. The molecular weight excluding hydrogens is 374 g/mol. The van der Waals surface area contributed by atoms with Crippen LogP contribution in [0, 0.1) is 6.92 Å². The largest absolute Gasteiger partial charge is 0.492 e. The van der Waals surface area contributed by atoms with Crippen molar-refractivity contribution in [2.45, 2.75) is 13.8 Å². The topological polar surface area (TPSA) is 56.1 Å². The van der Waals surface area contributed by atoms with E-state index in [0.717, 1.165) is 16.8 Å². The molecule has 1 amide bonds. The van der Waals surface area contributed by atoms with Crippen LogP contribution in [0.3, 0.4) is 0 Å². The summed E-state index contributed by atoms with van der Waals surface area (Å²) < 4.78 is 7.39. The number of aryl methyl sites for hydroxylation is 1. The number of benzene rings is 3. The smallest absolute Gasteiger partial charge is 0.259 e. The van der Waals surface area contributed by atoms with Gasteiger partial charge in [0.15, 0.2) is 0 Å². The molecule has 0 unspecified atom stereocenters. The van der Waals surface area contributed by atoms with Crippen molar-refractivity contribution < 1.29 is 9.53 Å². The zero-order chi connectivity index (χ0) is 20.9. The molecule has 150 valence electrons. The second kappa shape index (κ2) is 8.66. The Labute approximate surface area is 175 Å². The molecule has 0 aliphatic carbocycles. The van der Waals surface area contributed by atoms with E-state index < -0.39 is 0 Å². The third-order valence-electron chi connectivity index (χ3n) is 4.81. The second-order valence-corrected chi connectivity index (χ2v) is 6.87. The standard InChI is InChI=1S/C25H23N3O2/c1-3-30-23-16-10-9-15-22(23)26-25(29)21-17-28(19-12-5-4-6-13-19)27-24(21)20-14-8-7-11-18(20)2/h4-17H,3H2,1-2H3,(H,26,29). The first-order chi connectivity index (χ1) is 14.7. The molecule has 30 heavy (non-hydrogen) atoms. The highest BCUT2D eigenvalue weighted by Gasteiger charge is 2.20. The van der Waals surface area contributed by atoms with Gasteiger partial charge in [-0.2, -0.15) is 5.10 Å². The van der Waals surface area contributed by atoms with Gasteiger partial charge in [0, 0.05) is 11.8 Å². The summed E-state index contributed by atoms with van der Waals surface area (Å²) in [5.74, 6) is 0.406. The van der Waals surface area contributed by atoms with Crippen LogP contribution in [0.4, 0.5) is 5.69 Å². The zero-order valence-corrected chi connectivity index (χ0v) is 17.0. The fourth-order valence-electron chi connectivity index (χ4n) is 3.33. The lowest BCUT2D eigenvalue weighted by atomic mass is 10.0. The molecule has 4 aromatic rings. The Morgan fingerprint density at radius 1 is 0.967 bits per heavy atom. The quantitative estimate of drug-likeness (QED) is 0.467. The first kappa shape index (κ1) is 19.5. The molecule has 1 heterocycles. The number of carbonyl (C=O) groups is 1. The SMILES string of the molecule is CCOc1ccccc1NC(=O)c1cn(-c2ccccc2)nc1-c1ccccc1C. The van der Waals surface area contributed by atoms with E-state index in [1.807, 2.05) is 92.7 Å². The summed E-state index contributed by atoms with van der Waals surface area (Å²) in [6, 6.07) is 25.1. The summed E-state index contributed by atoms with van der Waals surface area (Å²) in [5, 5.41) is 7.75. The Hall–Kier alpha value is -3.86. The highest BCUT2D eigenvalue weighted by molar-refractivity contribution is 6.08. The van der Waals surface area contributed by atoms with Crippen molar-refractivity contribution >= 4 is 11.6 Å². The van der Waals surface area contributed by atoms with Crippen LogP contribution in [0.5, 0.6) is 5.75 Å². The average Bonchev–Trinajstić information content (AvgIpc) is 3.22. The normalized spacial score (nSPS) is 10.6. The molecule has 0 fully saturated rings. The van der Waals surface area contributed by atoms with E-state index in [9.17, 15) is 4.79 Å². The summed E-state index contributed by atoms with van der Waals surface area (Å²) >= 11 is 0. The lowest BCUT2D eigenvalue weighted by Crippen LogP contribution is -2.13. The van der Waals surface area contributed by atoms with Gasteiger partial charge in [0.05, 0.1) is 23.5 Å². The predicted octanol–water partition coefficient (Wildman–Crippen LogP) is 5.50. The van der Waals surface area contributed by atoms with E-state index in [4.69, 9.17) is 9.84 Å². The number of hydrogen-bond donors (Lipinski definition) is 1. The Morgan fingerprint density at radius 3 is 2.43 bits per heavy atom. The van der Waals surface area contributed by atoms with Crippen LogP contribution in [0.2, 0.25) is 0 Å². The van der Waals surface area contributed by atoms with Crippen LogP contribution in [0.1, 0.15) is 22.8 Å². The Balaban J connectivity index is 1.77. The van der Waals surface area contributed by atoms with Crippen LogP contribution in [0.15, 0.2) is 85.1 Å². The summed E-state index contributed by atoms with van der Waals surface area (Å²) in [4.78, 5) is 13.3. The van der Waals surface area contributed by atoms with E-state index >= 15 is 0 Å². The number of ether oxygens (including phenoxy) is 1. The van der Waals surface area contributed by atoms with Gasteiger partial charge in [-0.15, -0.1) is 0 Å². The van der Waals surface area contributed by atoms with Crippen molar-refractivity contribution in [3.8, 4) is 22.7 Å². The number of aromatic nitrogens is 2. The maximum Gasteiger partial charge on any atom is 0.259 e. The number of carbonyl (C=O) groups excluding carboxylic acids is 1. The number of nitrogens with one attached hydrogen (secondary N) is 1. The van der Waals surface area contributed by atoms with Crippen molar-refractivity contribution in [3.63, 3.8) is 0 Å². The number of amides is 1. The molecule has 0 aliphatic rings. The number of hydrogen-bond acceptors (Lipinski definition) is 3. The molecule has 5 nitrogen and oxygen atoms in total. The number of anilines is 1. The van der Waals surface area contributed by atoms with Crippen LogP contribution in [0.25, 0.3) is 16.9 Å². The summed E-state index contributed by atoms with van der Waals surface area (Å²) in [5.41, 5.74) is 4.64. The van der Waals surface area contributed by atoms with Crippen molar-refractivity contribution in [2.75, 3.05) is 11.9 Å². The van der Waals surface area contributed by atoms with Crippen molar-refractivity contribution in [3.05, 3.63) is 96.2 Å². The van der Waals surface area contributed by atoms with Gasteiger partial charge < -0.3 is 10.1 Å². The highest BCUT2D eigenvalue weighted by atomic mass is 16.5. The maximum absolute atomic E-state index is 13.3. The number of rotatable bonds is 6. The third-order valence-corrected chi connectivity index (χ3v) is 4.81. The zero-order valence-electron chi connectivity index (χ0n) is 17.0. The predicted molar refractivity (Wildman–Crippen MR) is 119 cm³/mol. The minimum absolute atomic E-state index is 0.234. The first-order valence-electron chi connectivity index (χ1n) is 9.91. The van der Waals surface area contributed by atoms with Gasteiger partial charge in [-0.25, -0.2) is 4.68 Å². The molecule has 0 atom stereocenters. The van der Waals surface area contributed by atoms with Gasteiger partial charge >= 0.3 is 0 Å². The highest BCUT2D eigenvalue weighted by Crippen LogP contribution is 2.29. The van der Waals surface area contributed by atoms with Gasteiger partial charge in [0.1, 0.15) is 11.4 Å². The molecule has 4 rings (SSSR count). The van der Waals surface area contributed by atoms with E-state index in [2.05, 4.69) is 5.32 Å². The Kier molecular flexibility index (Phi) is 5.61. The lowest BCUT2D eigenvalue weighted by Gasteiger charge is -2.11. The Bertz CT molecular complexity index is 1170. The molecule has 1 N–H and O–H groups in total. The van der Waals surface area contributed by atoms with Crippen molar-refractivity contribution in [1.29, 1.82) is 0 Å². The maximum atomic E-state index is 13.3. The van der Waals surface area contributed by atoms with Gasteiger partial charge in [-0.05, 0) is 43.7 Å². The Morgan fingerprint density at radius 2 is 1.67 bits per heavy atom. The van der Waals surface area contributed by atoms with Gasteiger partial charge in [0.2, 0.25) is 0 Å². The van der Waals surface area contributed by atoms with Crippen LogP contribution in [-0.4, -0.2) is 22.3 Å². The minimum atomic E-state index is -0.234. The molecule has 0 bridgehead atoms. The van der Waals surface area contributed by atoms with Gasteiger partial charge in [0.25, 0.3) is 5.91 Å². The van der Waals surface area contributed by atoms with E-state index in [-0.39, 0.29) is 5.91 Å². The number of para-hydroxylation sites is 3. The molecule has 0 spiro atoms. The molecule has 0 saturated heterocycles. The summed E-state index contributed by atoms with van der Waals surface area (Å²) in [6.07, 6.45) is 1.77. The summed E-state index contributed by atoms with van der Waals surface area (Å²) in [6.45, 7) is 4.45. The van der Waals surface area contributed by atoms with Gasteiger partial charge in [-0.1, -0.05) is 54.6 Å². The minimum Gasteiger partial charge on any atom is -0.492 e. The van der Waals surface area contributed by atoms with Crippen molar-refractivity contribution in [1.82, 2.24) is 9.78 Å². The van der Waals surface area contributed by atoms with Crippen LogP contribution in [-0.2, 0) is 0 Å². The summed E-state index contributed by atoms with van der Waals surface area (Å²) in [7, 11) is 0. The molecule has 0 aliphatic heterocycles. The van der Waals surface area contributed by atoms with Crippen LogP contribution >= 0.6 is 0 Å². The monoisotopic (exact) mass is 397 g/mol. The van der Waals surface area contributed by atoms with E-state index in [0.29, 0.717) is 29.3 Å². The molecule has 0 radical (unpaired) electrons. The van der Waals surface area contributed by atoms with Crippen molar-refractivity contribution in [2.24, 2.45) is 0 Å². The third kappa shape index (κ3) is 3.96. The molecule has 1 aromatic heterocycles. The van der Waals surface area contributed by atoms with E-state index in [1.165, 1.54) is 0 Å². The number of nitrogens with zero attached hydrogens (tertiary/aromatic N) is 2. The molecule has 3 aromatic carbocycles. The van der Waals surface area contributed by atoms with Gasteiger partial charge in [-0.3, -0.25) is 4.79 Å². The molecule has 5 heteroatoms. The second-order valence-electron chi connectivity index (χ2n) is 6.87. The average molecular weight is 397 g/mol. The molecular formula is C25H23N3O2. The fraction of sp³-hybridized carbons (Fsp3) is 0.120. The van der Waals surface area contributed by atoms with E-state index in [1.54, 1.807) is 10.9 Å².